The van der Waals surface area contributed by atoms with Gasteiger partial charge in [-0.25, -0.2) is 0 Å². The lowest BCUT2D eigenvalue weighted by molar-refractivity contribution is -0.130. The first-order valence-electron chi connectivity index (χ1n) is 9.98. The van der Waals surface area contributed by atoms with E-state index in [9.17, 15) is 5.11 Å². The average Bonchev–Trinajstić information content (AvgIpc) is 2.66. The molecule has 0 bridgehead atoms. The van der Waals surface area contributed by atoms with Crippen molar-refractivity contribution in [3.8, 4) is 0 Å². The monoisotopic (exact) mass is 359 g/mol. The number of ether oxygens (including phenoxy) is 1. The van der Waals surface area contributed by atoms with Gasteiger partial charge < -0.3 is 20.1 Å². The molecule has 2 fully saturated rings. The third-order valence-corrected chi connectivity index (χ3v) is 5.84. The topological polar surface area (TPSA) is 57.1 Å². The fourth-order valence-corrected chi connectivity index (χ4v) is 4.07. The minimum absolute atomic E-state index is 0.142. The van der Waals surface area contributed by atoms with E-state index in [-0.39, 0.29) is 12.0 Å². The minimum Gasteiger partial charge on any atom is -0.396 e. The highest BCUT2D eigenvalue weighted by Gasteiger charge is 2.38. The molecule has 2 N–H and O–H groups in total. The van der Waals surface area contributed by atoms with Gasteiger partial charge in [0.15, 0.2) is 5.96 Å². The molecule has 1 aromatic carbocycles. The molecule has 144 valence electrons. The molecule has 0 aromatic heterocycles. The molecule has 3 rings (SSSR count). The van der Waals surface area contributed by atoms with Gasteiger partial charge in [-0.2, -0.15) is 0 Å². The normalized spacial score (nSPS) is 25.7. The van der Waals surface area contributed by atoms with Crippen molar-refractivity contribution in [2.24, 2.45) is 16.3 Å². The molecule has 2 aliphatic rings. The van der Waals surface area contributed by atoms with Gasteiger partial charge in [0.2, 0.25) is 0 Å². The summed E-state index contributed by atoms with van der Waals surface area (Å²) in [7, 11) is 0. The summed E-state index contributed by atoms with van der Waals surface area (Å²) in [5, 5.41) is 13.1. The highest BCUT2D eigenvalue weighted by atomic mass is 16.5. The van der Waals surface area contributed by atoms with E-state index in [0.29, 0.717) is 31.6 Å². The third kappa shape index (κ3) is 4.21. The molecule has 2 atom stereocenters. The summed E-state index contributed by atoms with van der Waals surface area (Å²) in [5.74, 6) is 2.25. The van der Waals surface area contributed by atoms with Crippen LogP contribution in [0.2, 0.25) is 0 Å². The predicted molar refractivity (Wildman–Crippen MR) is 105 cm³/mol. The summed E-state index contributed by atoms with van der Waals surface area (Å²) in [5.41, 5.74) is 1.29. The van der Waals surface area contributed by atoms with Gasteiger partial charge in [-0.15, -0.1) is 0 Å². The number of nitrogens with zero attached hydrogens (tertiary/aromatic N) is 2. The van der Waals surface area contributed by atoms with E-state index < -0.39 is 0 Å². The lowest BCUT2D eigenvalue weighted by atomic mass is 9.79. The molecule has 0 amide bonds. The van der Waals surface area contributed by atoms with Gasteiger partial charge in [0, 0.05) is 19.6 Å². The summed E-state index contributed by atoms with van der Waals surface area (Å²) in [6, 6.07) is 10.9. The number of guanidine groups is 1. The Morgan fingerprint density at radius 3 is 2.65 bits per heavy atom. The van der Waals surface area contributed by atoms with E-state index in [4.69, 9.17) is 9.73 Å². The second-order valence-electron chi connectivity index (χ2n) is 7.74. The van der Waals surface area contributed by atoms with Crippen LogP contribution >= 0.6 is 0 Å². The van der Waals surface area contributed by atoms with Crippen molar-refractivity contribution in [1.29, 1.82) is 0 Å². The molecule has 2 heterocycles. The van der Waals surface area contributed by atoms with Crippen LogP contribution in [0.15, 0.2) is 35.3 Å². The van der Waals surface area contributed by atoms with Crippen molar-refractivity contribution in [2.45, 2.75) is 32.6 Å². The second kappa shape index (κ2) is 8.87. The average molecular weight is 360 g/mol. The van der Waals surface area contributed by atoms with Gasteiger partial charge in [-0.05, 0) is 30.7 Å². The Hall–Kier alpha value is -1.59. The van der Waals surface area contributed by atoms with Crippen molar-refractivity contribution >= 4 is 5.96 Å². The van der Waals surface area contributed by atoms with Gasteiger partial charge in [0.05, 0.1) is 31.8 Å². The minimum atomic E-state index is -0.173. The fourth-order valence-electron chi connectivity index (χ4n) is 4.07. The zero-order chi connectivity index (χ0) is 18.4. The third-order valence-electron chi connectivity index (χ3n) is 5.84. The number of benzene rings is 1. The Balaban J connectivity index is 1.69. The molecule has 1 aromatic rings. The summed E-state index contributed by atoms with van der Waals surface area (Å²) >= 11 is 0. The molecule has 0 spiro atoms. The Kier molecular flexibility index (Phi) is 6.54. The molecular weight excluding hydrogens is 326 g/mol. The molecule has 2 aliphatic heterocycles. The van der Waals surface area contributed by atoms with E-state index in [1.807, 2.05) is 0 Å². The maximum absolute atomic E-state index is 9.65. The number of nitrogens with one attached hydrogen (secondary N) is 1. The van der Waals surface area contributed by atoms with Crippen molar-refractivity contribution < 1.29 is 9.84 Å². The molecule has 5 nitrogen and oxygen atoms in total. The van der Waals surface area contributed by atoms with E-state index in [2.05, 4.69) is 54.4 Å². The number of aliphatic hydroxyl groups is 1. The van der Waals surface area contributed by atoms with Crippen molar-refractivity contribution in [3.63, 3.8) is 0 Å². The Labute approximate surface area is 157 Å². The molecule has 0 aliphatic carbocycles. The number of rotatable bonds is 6. The van der Waals surface area contributed by atoms with Crippen molar-refractivity contribution in [1.82, 2.24) is 10.2 Å². The zero-order valence-corrected chi connectivity index (χ0v) is 16.2. The van der Waals surface area contributed by atoms with Crippen LogP contribution in [0.3, 0.4) is 0 Å². The number of hydrogen-bond acceptors (Lipinski definition) is 3. The molecule has 2 unspecified atom stereocenters. The lowest BCUT2D eigenvalue weighted by Crippen LogP contribution is -2.51. The van der Waals surface area contributed by atoms with Gasteiger partial charge in [0.25, 0.3) is 0 Å². The number of piperidine rings is 1. The van der Waals surface area contributed by atoms with Gasteiger partial charge in [0.1, 0.15) is 0 Å². The Morgan fingerprint density at radius 1 is 1.31 bits per heavy atom. The van der Waals surface area contributed by atoms with Crippen LogP contribution in [0.5, 0.6) is 0 Å². The van der Waals surface area contributed by atoms with Crippen molar-refractivity contribution in [3.05, 3.63) is 35.9 Å². The Morgan fingerprint density at radius 2 is 2.08 bits per heavy atom. The summed E-state index contributed by atoms with van der Waals surface area (Å²) in [6.07, 6.45) is 2.32. The van der Waals surface area contributed by atoms with E-state index in [0.717, 1.165) is 32.0 Å². The molecule has 26 heavy (non-hydrogen) atoms. The maximum atomic E-state index is 9.65. The number of aliphatic hydroxyl groups excluding tert-OH is 1. The maximum Gasteiger partial charge on any atom is 0.193 e. The highest BCUT2D eigenvalue weighted by molar-refractivity contribution is 5.80. The van der Waals surface area contributed by atoms with Crippen LogP contribution in [0.25, 0.3) is 0 Å². The van der Waals surface area contributed by atoms with Crippen LogP contribution in [0.1, 0.15) is 38.2 Å². The van der Waals surface area contributed by atoms with Gasteiger partial charge in [-0.3, -0.25) is 4.99 Å². The summed E-state index contributed by atoms with van der Waals surface area (Å²) in [4.78, 5) is 7.26. The summed E-state index contributed by atoms with van der Waals surface area (Å²) in [6.45, 7) is 9.30. The smallest absolute Gasteiger partial charge is 0.193 e. The number of likely N-dealkylation sites (tertiary alicyclic amines) is 1. The quantitative estimate of drug-likeness (QED) is 0.605. The summed E-state index contributed by atoms with van der Waals surface area (Å²) < 4.78 is 5.30. The molecule has 0 radical (unpaired) electrons. The van der Waals surface area contributed by atoms with E-state index in [1.54, 1.807) is 0 Å². The van der Waals surface area contributed by atoms with Crippen LogP contribution in [0.4, 0.5) is 0 Å². The lowest BCUT2D eigenvalue weighted by Gasteiger charge is -2.41. The van der Waals surface area contributed by atoms with Gasteiger partial charge >= 0.3 is 0 Å². The molecular formula is C21H33N3O2. The highest BCUT2D eigenvalue weighted by Crippen LogP contribution is 2.35. The van der Waals surface area contributed by atoms with Crippen LogP contribution in [-0.4, -0.2) is 62.0 Å². The standard InChI is InChI=1S/C21H33N3O2/c1-3-17-12-24(11-10-19(17)18-8-6-5-7-9-18)20(22-4-2)23-13-21(14-25)15-26-16-21/h5-9,17,19,25H,3-4,10-16H2,1-2H3,(H,22,23). The number of hydrogen-bond donors (Lipinski definition) is 2. The SMILES string of the molecule is CCNC(=NCC1(CO)COC1)N1CCC(c2ccccc2)C(CC)C1. The zero-order valence-electron chi connectivity index (χ0n) is 16.2. The molecule has 0 saturated carbocycles. The molecule has 2 saturated heterocycles. The fraction of sp³-hybridized carbons (Fsp3) is 0.667. The predicted octanol–water partition coefficient (Wildman–Crippen LogP) is 2.48. The van der Waals surface area contributed by atoms with Crippen molar-refractivity contribution in [2.75, 3.05) is 46.0 Å². The van der Waals surface area contributed by atoms with Crippen LogP contribution in [-0.2, 0) is 4.74 Å². The van der Waals surface area contributed by atoms with E-state index >= 15 is 0 Å². The largest absolute Gasteiger partial charge is 0.396 e. The van der Waals surface area contributed by atoms with Gasteiger partial charge in [-0.1, -0.05) is 43.7 Å². The number of aliphatic imine (C=N–C) groups is 1. The first kappa shape index (κ1) is 19.2. The first-order valence-corrected chi connectivity index (χ1v) is 9.98. The molecule has 5 heteroatoms. The Bertz CT molecular complexity index is 581. The van der Waals surface area contributed by atoms with E-state index in [1.165, 1.54) is 12.0 Å². The second-order valence-corrected chi connectivity index (χ2v) is 7.74. The van der Waals surface area contributed by atoms with Crippen LogP contribution < -0.4 is 5.32 Å². The first-order chi connectivity index (χ1) is 12.7. The van der Waals surface area contributed by atoms with Crippen LogP contribution in [0, 0.1) is 11.3 Å².